The van der Waals surface area contributed by atoms with E-state index >= 15 is 0 Å². The van der Waals surface area contributed by atoms with Crippen LogP contribution < -0.4 is 9.62 Å². The predicted octanol–water partition coefficient (Wildman–Crippen LogP) is 0.569. The van der Waals surface area contributed by atoms with Gasteiger partial charge < -0.3 is 14.2 Å². The third kappa shape index (κ3) is 4.33. The molecule has 1 aliphatic rings. The lowest BCUT2D eigenvalue weighted by Gasteiger charge is -2.27. The van der Waals surface area contributed by atoms with E-state index in [0.29, 0.717) is 19.0 Å². The lowest BCUT2D eigenvalue weighted by atomic mass is 10.4. The Morgan fingerprint density at radius 3 is 2.72 bits per heavy atom. The zero-order valence-corrected chi connectivity index (χ0v) is 15.1. The van der Waals surface area contributed by atoms with Gasteiger partial charge in [-0.1, -0.05) is 0 Å². The summed E-state index contributed by atoms with van der Waals surface area (Å²) in [4.78, 5) is 14.6. The average molecular weight is 366 g/mol. The number of ether oxygens (including phenoxy) is 1. The van der Waals surface area contributed by atoms with Crippen molar-refractivity contribution in [3.8, 4) is 0 Å². The quantitative estimate of drug-likeness (QED) is 0.797. The molecule has 0 aromatic carbocycles. The Morgan fingerprint density at radius 1 is 1.28 bits per heavy atom. The third-order valence-corrected chi connectivity index (χ3v) is 5.18. The van der Waals surface area contributed by atoms with Crippen molar-refractivity contribution in [3.05, 3.63) is 30.6 Å². The predicted molar refractivity (Wildman–Crippen MR) is 91.7 cm³/mol. The molecule has 1 saturated heterocycles. The molecule has 2 aromatic rings. The van der Waals surface area contributed by atoms with Crippen molar-refractivity contribution in [2.75, 3.05) is 31.2 Å². The van der Waals surface area contributed by atoms with Crippen LogP contribution in [-0.4, -0.2) is 54.2 Å². The maximum absolute atomic E-state index is 12.4. The van der Waals surface area contributed by atoms with E-state index in [1.165, 1.54) is 12.5 Å². The number of imidazole rings is 1. The highest BCUT2D eigenvalue weighted by molar-refractivity contribution is 7.89. The smallest absolute Gasteiger partial charge is 0.259 e. The van der Waals surface area contributed by atoms with Crippen LogP contribution in [-0.2, 0) is 21.3 Å². The molecule has 1 aliphatic heterocycles. The standard InChI is InChI=1S/C15H22N6O3S/c1-12(2)21-10-15(17-11-21)25(22,23)18-9-13-16-4-3-14(19-13)20-5-7-24-8-6-20/h3-4,10-12,18H,5-9H2,1-2H3. The summed E-state index contributed by atoms with van der Waals surface area (Å²) in [5.41, 5.74) is 0. The molecule has 136 valence electrons. The SMILES string of the molecule is CC(C)n1cnc(S(=O)(=O)NCc2nccc(N3CCOCC3)n2)c1. The molecule has 2 aromatic heterocycles. The molecule has 0 radical (unpaired) electrons. The number of morpholine rings is 1. The van der Waals surface area contributed by atoms with E-state index in [4.69, 9.17) is 4.74 Å². The monoisotopic (exact) mass is 366 g/mol. The molecule has 0 saturated carbocycles. The topological polar surface area (TPSA) is 102 Å². The molecule has 0 atom stereocenters. The van der Waals surface area contributed by atoms with Crippen molar-refractivity contribution in [1.82, 2.24) is 24.2 Å². The van der Waals surface area contributed by atoms with Gasteiger partial charge in [0.2, 0.25) is 0 Å². The van der Waals surface area contributed by atoms with Crippen LogP contribution >= 0.6 is 0 Å². The van der Waals surface area contributed by atoms with Gasteiger partial charge in [-0.25, -0.2) is 28.1 Å². The van der Waals surface area contributed by atoms with Gasteiger partial charge in [-0.3, -0.25) is 0 Å². The Balaban J connectivity index is 1.67. The van der Waals surface area contributed by atoms with Gasteiger partial charge >= 0.3 is 0 Å². The molecule has 10 heteroatoms. The summed E-state index contributed by atoms with van der Waals surface area (Å²) in [6.07, 6.45) is 4.65. The molecule has 3 rings (SSSR count). The number of nitrogens with one attached hydrogen (secondary N) is 1. The van der Waals surface area contributed by atoms with Crippen molar-refractivity contribution in [3.63, 3.8) is 0 Å². The Labute approximate surface area is 147 Å². The summed E-state index contributed by atoms with van der Waals surface area (Å²) in [5, 5.41) is -0.00876. The van der Waals surface area contributed by atoms with Crippen molar-refractivity contribution in [2.45, 2.75) is 31.5 Å². The lowest BCUT2D eigenvalue weighted by molar-refractivity contribution is 0.122. The van der Waals surface area contributed by atoms with Crippen LogP contribution in [0.4, 0.5) is 5.82 Å². The fourth-order valence-electron chi connectivity index (χ4n) is 2.41. The Bertz CT molecular complexity index is 814. The van der Waals surface area contributed by atoms with Crippen molar-refractivity contribution in [2.24, 2.45) is 0 Å². The molecule has 0 bridgehead atoms. The zero-order chi connectivity index (χ0) is 17.9. The van der Waals surface area contributed by atoms with Gasteiger partial charge in [-0.15, -0.1) is 0 Å². The molecule has 0 unspecified atom stereocenters. The molecule has 0 spiro atoms. The first-order valence-electron chi connectivity index (χ1n) is 8.13. The number of rotatable bonds is 6. The van der Waals surface area contributed by atoms with Gasteiger partial charge in [0.25, 0.3) is 10.0 Å². The number of sulfonamides is 1. The summed E-state index contributed by atoms with van der Waals surface area (Å²) in [6.45, 7) is 6.75. The second-order valence-corrected chi connectivity index (χ2v) is 7.72. The number of hydrogen-bond acceptors (Lipinski definition) is 7. The molecule has 9 nitrogen and oxygen atoms in total. The van der Waals surface area contributed by atoms with Crippen LogP contribution in [0.25, 0.3) is 0 Å². The first-order chi connectivity index (χ1) is 12.0. The second kappa shape index (κ2) is 7.46. The van der Waals surface area contributed by atoms with Crippen molar-refractivity contribution >= 4 is 15.8 Å². The average Bonchev–Trinajstić information content (AvgIpc) is 3.13. The van der Waals surface area contributed by atoms with E-state index in [9.17, 15) is 8.42 Å². The summed E-state index contributed by atoms with van der Waals surface area (Å²) in [6, 6.07) is 1.96. The zero-order valence-electron chi connectivity index (χ0n) is 14.3. The summed E-state index contributed by atoms with van der Waals surface area (Å²) in [5.74, 6) is 1.19. The molecule has 1 fully saturated rings. The Hall–Kier alpha value is -2.04. The maximum atomic E-state index is 12.4. The van der Waals surface area contributed by atoms with Gasteiger partial charge in [-0.2, -0.15) is 0 Å². The van der Waals surface area contributed by atoms with Crippen molar-refractivity contribution < 1.29 is 13.2 Å². The van der Waals surface area contributed by atoms with Gasteiger partial charge in [0.05, 0.1) is 26.1 Å². The van der Waals surface area contributed by atoms with Crippen LogP contribution in [0.2, 0.25) is 0 Å². The first kappa shape index (κ1) is 17.8. The van der Waals surface area contributed by atoms with E-state index < -0.39 is 10.0 Å². The van der Waals surface area contributed by atoms with E-state index in [1.54, 1.807) is 10.8 Å². The number of nitrogens with zero attached hydrogens (tertiary/aromatic N) is 5. The fourth-order valence-corrected chi connectivity index (χ4v) is 3.33. The molecule has 0 amide bonds. The van der Waals surface area contributed by atoms with E-state index in [-0.39, 0.29) is 17.6 Å². The van der Waals surface area contributed by atoms with Gasteiger partial charge in [0, 0.05) is 31.5 Å². The number of aromatic nitrogens is 4. The molecule has 1 N–H and O–H groups in total. The minimum Gasteiger partial charge on any atom is -0.378 e. The molecular formula is C15H22N6O3S. The third-order valence-electron chi connectivity index (χ3n) is 3.90. The Kier molecular flexibility index (Phi) is 5.30. The Morgan fingerprint density at radius 2 is 2.04 bits per heavy atom. The second-order valence-electron chi connectivity index (χ2n) is 6.01. The molecule has 3 heterocycles. The fraction of sp³-hybridized carbons (Fsp3) is 0.533. The number of hydrogen-bond donors (Lipinski definition) is 1. The highest BCUT2D eigenvalue weighted by Gasteiger charge is 2.19. The van der Waals surface area contributed by atoms with Gasteiger partial charge in [0.1, 0.15) is 11.6 Å². The lowest BCUT2D eigenvalue weighted by Crippen LogP contribution is -2.37. The first-order valence-corrected chi connectivity index (χ1v) is 9.62. The van der Waals surface area contributed by atoms with E-state index in [0.717, 1.165) is 18.9 Å². The minimum atomic E-state index is -3.70. The molecule has 25 heavy (non-hydrogen) atoms. The highest BCUT2D eigenvalue weighted by Crippen LogP contribution is 2.13. The van der Waals surface area contributed by atoms with E-state index in [2.05, 4.69) is 24.6 Å². The van der Waals surface area contributed by atoms with Crippen LogP contribution in [0.5, 0.6) is 0 Å². The highest BCUT2D eigenvalue weighted by atomic mass is 32.2. The summed E-state index contributed by atoms with van der Waals surface area (Å²) in [7, 11) is -3.70. The van der Waals surface area contributed by atoms with Crippen LogP contribution in [0.15, 0.2) is 29.8 Å². The van der Waals surface area contributed by atoms with Gasteiger partial charge in [0.15, 0.2) is 5.03 Å². The normalized spacial score (nSPS) is 15.7. The van der Waals surface area contributed by atoms with Crippen molar-refractivity contribution in [1.29, 1.82) is 0 Å². The maximum Gasteiger partial charge on any atom is 0.259 e. The van der Waals surface area contributed by atoms with Crippen LogP contribution in [0.3, 0.4) is 0 Å². The van der Waals surface area contributed by atoms with Crippen LogP contribution in [0.1, 0.15) is 25.7 Å². The molecular weight excluding hydrogens is 344 g/mol. The van der Waals surface area contributed by atoms with Crippen LogP contribution in [0, 0.1) is 0 Å². The molecule has 0 aliphatic carbocycles. The summed E-state index contributed by atoms with van der Waals surface area (Å²) < 4.78 is 34.3. The largest absolute Gasteiger partial charge is 0.378 e. The van der Waals surface area contributed by atoms with Gasteiger partial charge in [-0.05, 0) is 19.9 Å². The summed E-state index contributed by atoms with van der Waals surface area (Å²) >= 11 is 0. The number of anilines is 1. The minimum absolute atomic E-state index is 0.00876. The van der Waals surface area contributed by atoms with E-state index in [1.807, 2.05) is 19.9 Å².